The predicted molar refractivity (Wildman–Crippen MR) is 122 cm³/mol. The number of piperidine rings is 1. The normalized spacial score (nSPS) is 14.9. The molecule has 1 saturated heterocycles. The van der Waals surface area contributed by atoms with Crippen molar-refractivity contribution < 1.29 is 4.39 Å². The fourth-order valence-electron chi connectivity index (χ4n) is 3.96. The first-order chi connectivity index (χ1) is 15.1. The fourth-order valence-corrected chi connectivity index (χ4v) is 4.46. The first-order valence-electron chi connectivity index (χ1n) is 10.2. The van der Waals surface area contributed by atoms with Gasteiger partial charge in [-0.25, -0.2) is 4.39 Å². The van der Waals surface area contributed by atoms with Gasteiger partial charge in [0.2, 0.25) is 0 Å². The Morgan fingerprint density at radius 3 is 2.81 bits per heavy atom. The molecule has 1 aromatic carbocycles. The molecule has 9 heteroatoms. The van der Waals surface area contributed by atoms with Crippen molar-refractivity contribution in [3.63, 3.8) is 0 Å². The molecule has 0 atom stereocenters. The number of pyridine rings is 1. The molecule has 1 aliphatic rings. The Balaban J connectivity index is 1.40. The molecule has 4 heterocycles. The van der Waals surface area contributed by atoms with Crippen LogP contribution in [-0.2, 0) is 6.54 Å². The van der Waals surface area contributed by atoms with Gasteiger partial charge in [0.1, 0.15) is 5.82 Å². The zero-order valence-corrected chi connectivity index (χ0v) is 18.2. The van der Waals surface area contributed by atoms with Gasteiger partial charge >= 0.3 is 0 Å². The molecule has 1 aliphatic heterocycles. The highest BCUT2D eigenvalue weighted by Crippen LogP contribution is 2.28. The number of benzene rings is 1. The average molecular weight is 459 g/mol. The molecule has 6 nitrogen and oxygen atoms in total. The van der Waals surface area contributed by atoms with E-state index in [4.69, 9.17) is 23.2 Å². The Morgan fingerprint density at radius 2 is 1.97 bits per heavy atom. The van der Waals surface area contributed by atoms with Crippen molar-refractivity contribution in [1.29, 1.82) is 0 Å². The molecule has 5 rings (SSSR count). The van der Waals surface area contributed by atoms with Crippen molar-refractivity contribution in [2.75, 3.05) is 18.5 Å². The molecular formula is C22H21Cl2FN6. The Hall–Kier alpha value is -2.61. The van der Waals surface area contributed by atoms with Crippen molar-refractivity contribution in [2.24, 2.45) is 0 Å². The quantitative estimate of drug-likeness (QED) is 0.412. The molecule has 0 unspecified atom stereocenters. The summed E-state index contributed by atoms with van der Waals surface area (Å²) in [5.74, 6) is -0.491. The van der Waals surface area contributed by atoms with Gasteiger partial charge in [-0.1, -0.05) is 23.2 Å². The van der Waals surface area contributed by atoms with Gasteiger partial charge in [0.05, 0.1) is 34.8 Å². The molecule has 0 radical (unpaired) electrons. The summed E-state index contributed by atoms with van der Waals surface area (Å²) in [6, 6.07) is 7.18. The molecular weight excluding hydrogens is 438 g/mol. The monoisotopic (exact) mass is 458 g/mol. The van der Waals surface area contributed by atoms with Crippen LogP contribution in [0.1, 0.15) is 24.4 Å². The number of fused-ring (bicyclic) bond motifs is 1. The molecule has 0 bridgehead atoms. The summed E-state index contributed by atoms with van der Waals surface area (Å²) in [4.78, 5) is 4.58. The minimum atomic E-state index is -0.491. The van der Waals surface area contributed by atoms with Crippen molar-refractivity contribution in [3.8, 4) is 11.1 Å². The van der Waals surface area contributed by atoms with Crippen LogP contribution in [0.25, 0.3) is 22.2 Å². The van der Waals surface area contributed by atoms with Gasteiger partial charge in [-0.2, -0.15) is 5.10 Å². The van der Waals surface area contributed by atoms with E-state index < -0.39 is 5.82 Å². The van der Waals surface area contributed by atoms with E-state index in [0.717, 1.165) is 48.1 Å². The molecule has 0 aliphatic carbocycles. The lowest BCUT2D eigenvalue weighted by Gasteiger charge is -2.22. The highest BCUT2D eigenvalue weighted by atomic mass is 35.5. The smallest absolute Gasteiger partial charge is 0.142 e. The fraction of sp³-hybridized carbons (Fsp3) is 0.273. The van der Waals surface area contributed by atoms with Gasteiger partial charge in [0.15, 0.2) is 0 Å². The van der Waals surface area contributed by atoms with Crippen molar-refractivity contribution in [3.05, 3.63) is 70.5 Å². The van der Waals surface area contributed by atoms with Gasteiger partial charge in [-0.05, 0) is 50.2 Å². The predicted octanol–water partition coefficient (Wildman–Crippen LogP) is 5.01. The molecule has 1 fully saturated rings. The summed E-state index contributed by atoms with van der Waals surface area (Å²) in [6.45, 7) is 2.31. The minimum absolute atomic E-state index is 0.0283. The van der Waals surface area contributed by atoms with Crippen molar-refractivity contribution in [1.82, 2.24) is 24.8 Å². The van der Waals surface area contributed by atoms with E-state index in [2.05, 4.69) is 37.8 Å². The van der Waals surface area contributed by atoms with Crippen LogP contribution >= 0.6 is 23.2 Å². The second-order valence-corrected chi connectivity index (χ2v) is 8.45. The molecule has 31 heavy (non-hydrogen) atoms. The molecule has 0 amide bonds. The number of hydrogen-bond acceptors (Lipinski definition) is 4. The lowest BCUT2D eigenvalue weighted by molar-refractivity contribution is 0.343. The number of halogens is 3. The van der Waals surface area contributed by atoms with Gasteiger partial charge in [-0.3, -0.25) is 14.3 Å². The zero-order valence-electron chi connectivity index (χ0n) is 16.7. The lowest BCUT2D eigenvalue weighted by atomic mass is 10.1. The van der Waals surface area contributed by atoms with Crippen LogP contribution < -0.4 is 10.7 Å². The van der Waals surface area contributed by atoms with E-state index in [9.17, 15) is 4.39 Å². The number of rotatable bonds is 5. The maximum atomic E-state index is 13.8. The van der Waals surface area contributed by atoms with Crippen LogP contribution in [0.5, 0.6) is 0 Å². The molecule has 160 valence electrons. The maximum absolute atomic E-state index is 13.8. The van der Waals surface area contributed by atoms with Gasteiger partial charge in [0, 0.05) is 40.3 Å². The zero-order chi connectivity index (χ0) is 21.4. The highest BCUT2D eigenvalue weighted by Gasteiger charge is 2.17. The van der Waals surface area contributed by atoms with Gasteiger partial charge < -0.3 is 10.7 Å². The number of hydrogen-bond donors (Lipinski definition) is 2. The lowest BCUT2D eigenvalue weighted by Crippen LogP contribution is -2.29. The van der Waals surface area contributed by atoms with Crippen LogP contribution in [0.2, 0.25) is 10.0 Å². The number of nitrogens with one attached hydrogen (secondary N) is 2. The van der Waals surface area contributed by atoms with Gasteiger partial charge in [-0.15, -0.1) is 0 Å². The van der Waals surface area contributed by atoms with E-state index in [1.165, 1.54) is 12.1 Å². The van der Waals surface area contributed by atoms with Gasteiger partial charge in [0.25, 0.3) is 0 Å². The third-order valence-electron chi connectivity index (χ3n) is 5.72. The summed E-state index contributed by atoms with van der Waals surface area (Å²) in [6.07, 6.45) is 9.87. The van der Waals surface area contributed by atoms with Crippen molar-refractivity contribution >= 4 is 34.2 Å². The topological polar surface area (TPSA) is 59.7 Å². The summed E-state index contributed by atoms with van der Waals surface area (Å²) in [5, 5.41) is 8.41. The van der Waals surface area contributed by atoms with Crippen LogP contribution in [-0.4, -0.2) is 32.5 Å². The van der Waals surface area contributed by atoms with E-state index >= 15 is 0 Å². The standard InChI is InChI=1S/C22H21Cl2FN6/c23-18-1-2-19(25)22(24)17(18)12-29-30-8-5-20-21(30)9-14(10-27-20)15-11-28-31(13-15)16-3-6-26-7-4-16/h1-2,5,8-11,13,16,26,29H,3-4,6-7,12H2. The first-order valence-corrected chi connectivity index (χ1v) is 10.9. The van der Waals surface area contributed by atoms with Crippen LogP contribution in [0, 0.1) is 5.82 Å². The third-order valence-corrected chi connectivity index (χ3v) is 6.48. The second-order valence-electron chi connectivity index (χ2n) is 7.66. The van der Waals surface area contributed by atoms with Crippen LogP contribution in [0.4, 0.5) is 4.39 Å². The summed E-state index contributed by atoms with van der Waals surface area (Å²) in [7, 11) is 0. The van der Waals surface area contributed by atoms with E-state index in [1.54, 1.807) is 0 Å². The Kier molecular flexibility index (Phi) is 5.56. The Morgan fingerprint density at radius 1 is 1.13 bits per heavy atom. The Labute approximate surface area is 188 Å². The largest absolute Gasteiger partial charge is 0.321 e. The molecule has 0 spiro atoms. The first kappa shape index (κ1) is 20.3. The highest BCUT2D eigenvalue weighted by molar-refractivity contribution is 6.36. The second kappa shape index (κ2) is 8.49. The summed E-state index contributed by atoms with van der Waals surface area (Å²) in [5.41, 5.74) is 7.51. The van der Waals surface area contributed by atoms with Crippen LogP contribution in [0.15, 0.2) is 49.1 Å². The number of aromatic nitrogens is 4. The SMILES string of the molecule is Fc1ccc(Cl)c(CNn2ccc3ncc(-c4cnn(C5CCNCC5)c4)cc32)c1Cl. The minimum Gasteiger partial charge on any atom is -0.321 e. The average Bonchev–Trinajstić information content (AvgIpc) is 3.44. The molecule has 4 aromatic rings. The molecule has 3 aromatic heterocycles. The van der Waals surface area contributed by atoms with E-state index in [0.29, 0.717) is 16.6 Å². The molecule has 2 N–H and O–H groups in total. The van der Waals surface area contributed by atoms with E-state index in [1.807, 2.05) is 29.3 Å². The number of nitrogens with zero attached hydrogens (tertiary/aromatic N) is 4. The van der Waals surface area contributed by atoms with E-state index in [-0.39, 0.29) is 11.6 Å². The Bertz CT molecular complexity index is 1230. The third kappa shape index (κ3) is 4.01. The molecule has 0 saturated carbocycles. The summed E-state index contributed by atoms with van der Waals surface area (Å²) >= 11 is 12.3. The van der Waals surface area contributed by atoms with Crippen LogP contribution in [0.3, 0.4) is 0 Å². The van der Waals surface area contributed by atoms with Crippen molar-refractivity contribution in [2.45, 2.75) is 25.4 Å². The summed E-state index contributed by atoms with van der Waals surface area (Å²) < 4.78 is 17.7. The maximum Gasteiger partial charge on any atom is 0.142 e.